The van der Waals surface area contributed by atoms with E-state index in [0.29, 0.717) is 23.5 Å². The first-order chi connectivity index (χ1) is 8.70. The highest BCUT2D eigenvalue weighted by atomic mass is 16.5. The van der Waals surface area contributed by atoms with Gasteiger partial charge in [0.25, 0.3) is 5.91 Å². The van der Waals surface area contributed by atoms with E-state index in [1.807, 2.05) is 0 Å². The van der Waals surface area contributed by atoms with Gasteiger partial charge in [-0.3, -0.25) is 4.79 Å². The molecule has 1 heterocycles. The summed E-state index contributed by atoms with van der Waals surface area (Å²) in [6.45, 7) is 0.381. The molecule has 0 aliphatic rings. The van der Waals surface area contributed by atoms with Crippen LogP contribution in [0.2, 0.25) is 0 Å². The Labute approximate surface area is 104 Å². The second kappa shape index (κ2) is 5.22. The molecule has 0 bridgehead atoms. The molecule has 0 saturated carbocycles. The maximum absolute atomic E-state index is 12.0. The van der Waals surface area contributed by atoms with Crippen LogP contribution in [0.25, 0.3) is 0 Å². The zero-order chi connectivity index (χ0) is 13.0. The van der Waals surface area contributed by atoms with Gasteiger partial charge in [0.2, 0.25) is 0 Å². The number of aromatic nitrogens is 2. The van der Waals surface area contributed by atoms with E-state index in [0.717, 1.165) is 5.69 Å². The zero-order valence-corrected chi connectivity index (χ0v) is 9.93. The summed E-state index contributed by atoms with van der Waals surface area (Å²) in [5.41, 5.74) is 7.46. The van der Waals surface area contributed by atoms with Gasteiger partial charge in [0.1, 0.15) is 5.75 Å². The summed E-state index contributed by atoms with van der Waals surface area (Å²) >= 11 is 0. The van der Waals surface area contributed by atoms with Gasteiger partial charge in [-0.2, -0.15) is 0 Å². The first-order valence-corrected chi connectivity index (χ1v) is 5.39. The van der Waals surface area contributed by atoms with E-state index < -0.39 is 0 Å². The standard InChI is InChI=1S/C12H14N4O2/c1-18-11-4-8(13)2-3-10(11)12(17)15-6-9-5-14-7-16-9/h2-5,7H,6,13H2,1H3,(H,14,16)(H,15,17). The Morgan fingerprint density at radius 1 is 1.56 bits per heavy atom. The van der Waals surface area contributed by atoms with E-state index in [4.69, 9.17) is 10.5 Å². The number of nitrogens with two attached hydrogens (primary N) is 1. The van der Waals surface area contributed by atoms with Crippen LogP contribution in [0.4, 0.5) is 5.69 Å². The van der Waals surface area contributed by atoms with Gasteiger partial charge in [0.15, 0.2) is 0 Å². The van der Waals surface area contributed by atoms with Crippen LogP contribution in [0.1, 0.15) is 16.1 Å². The Balaban J connectivity index is 2.09. The third-order valence-corrected chi connectivity index (χ3v) is 2.46. The third-order valence-electron chi connectivity index (χ3n) is 2.46. The summed E-state index contributed by atoms with van der Waals surface area (Å²) in [6.07, 6.45) is 3.21. The molecule has 0 saturated heterocycles. The van der Waals surface area contributed by atoms with Crippen LogP contribution >= 0.6 is 0 Å². The van der Waals surface area contributed by atoms with Crippen LogP contribution in [0.5, 0.6) is 5.75 Å². The molecule has 0 radical (unpaired) electrons. The smallest absolute Gasteiger partial charge is 0.255 e. The summed E-state index contributed by atoms with van der Waals surface area (Å²) in [6, 6.07) is 4.91. The molecule has 0 unspecified atom stereocenters. The second-order valence-electron chi connectivity index (χ2n) is 3.72. The summed E-state index contributed by atoms with van der Waals surface area (Å²) in [7, 11) is 1.50. The number of hydrogen-bond donors (Lipinski definition) is 3. The zero-order valence-electron chi connectivity index (χ0n) is 9.93. The van der Waals surface area contributed by atoms with Crippen molar-refractivity contribution in [3.63, 3.8) is 0 Å². The number of methoxy groups -OCH3 is 1. The third kappa shape index (κ3) is 2.60. The second-order valence-corrected chi connectivity index (χ2v) is 3.72. The van der Waals surface area contributed by atoms with Gasteiger partial charge < -0.3 is 20.8 Å². The van der Waals surface area contributed by atoms with E-state index in [9.17, 15) is 4.79 Å². The molecule has 1 aromatic carbocycles. The minimum absolute atomic E-state index is 0.221. The Morgan fingerprint density at radius 3 is 3.06 bits per heavy atom. The SMILES string of the molecule is COc1cc(N)ccc1C(=O)NCc1cnc[nH]1. The number of hydrogen-bond acceptors (Lipinski definition) is 4. The average molecular weight is 246 g/mol. The molecule has 6 heteroatoms. The fourth-order valence-electron chi connectivity index (χ4n) is 1.55. The quantitative estimate of drug-likeness (QED) is 0.700. The summed E-state index contributed by atoms with van der Waals surface area (Å²) in [5.74, 6) is 0.235. The number of H-pyrrole nitrogens is 1. The van der Waals surface area contributed by atoms with E-state index in [1.54, 1.807) is 30.7 Å². The van der Waals surface area contributed by atoms with Gasteiger partial charge in [-0.1, -0.05) is 0 Å². The van der Waals surface area contributed by atoms with Crippen LogP contribution < -0.4 is 15.8 Å². The van der Waals surface area contributed by atoms with Crippen LogP contribution in [0.3, 0.4) is 0 Å². The topological polar surface area (TPSA) is 93.0 Å². The lowest BCUT2D eigenvalue weighted by atomic mass is 10.1. The van der Waals surface area contributed by atoms with Gasteiger partial charge in [-0.15, -0.1) is 0 Å². The number of rotatable bonds is 4. The number of nitrogens with one attached hydrogen (secondary N) is 2. The van der Waals surface area contributed by atoms with Crippen LogP contribution in [0, 0.1) is 0 Å². The Morgan fingerprint density at radius 2 is 2.39 bits per heavy atom. The van der Waals surface area contributed by atoms with Crippen LogP contribution in [-0.4, -0.2) is 23.0 Å². The van der Waals surface area contributed by atoms with Crippen molar-refractivity contribution in [3.05, 3.63) is 42.0 Å². The molecule has 0 aliphatic carbocycles. The van der Waals surface area contributed by atoms with E-state index in [-0.39, 0.29) is 5.91 Å². The normalized spacial score (nSPS) is 10.1. The van der Waals surface area contributed by atoms with Gasteiger partial charge in [-0.25, -0.2) is 4.98 Å². The number of benzene rings is 1. The number of imidazole rings is 1. The van der Waals surface area contributed by atoms with Gasteiger partial charge >= 0.3 is 0 Å². The Hall–Kier alpha value is -2.50. The number of amides is 1. The van der Waals surface area contributed by atoms with E-state index in [2.05, 4.69) is 15.3 Å². The highest BCUT2D eigenvalue weighted by Crippen LogP contribution is 2.21. The minimum Gasteiger partial charge on any atom is -0.496 e. The highest BCUT2D eigenvalue weighted by Gasteiger charge is 2.12. The Bertz CT molecular complexity index is 537. The fraction of sp³-hybridized carbons (Fsp3) is 0.167. The molecule has 6 nitrogen and oxygen atoms in total. The predicted molar refractivity (Wildman–Crippen MR) is 67.2 cm³/mol. The summed E-state index contributed by atoms with van der Waals surface area (Å²) in [5, 5.41) is 2.76. The monoisotopic (exact) mass is 246 g/mol. The Kier molecular flexibility index (Phi) is 3.47. The molecular formula is C12H14N4O2. The largest absolute Gasteiger partial charge is 0.496 e. The number of carbonyl (C=O) groups is 1. The molecule has 4 N–H and O–H groups in total. The maximum atomic E-state index is 12.0. The minimum atomic E-state index is -0.221. The molecular weight excluding hydrogens is 232 g/mol. The molecule has 1 amide bonds. The number of nitrogen functional groups attached to an aromatic ring is 1. The van der Waals surface area contributed by atoms with E-state index >= 15 is 0 Å². The van der Waals surface area contributed by atoms with Crippen molar-refractivity contribution < 1.29 is 9.53 Å². The van der Waals surface area contributed by atoms with Crippen molar-refractivity contribution in [1.29, 1.82) is 0 Å². The van der Waals surface area contributed by atoms with Crippen LogP contribution in [-0.2, 0) is 6.54 Å². The van der Waals surface area contributed by atoms with Crippen LogP contribution in [0.15, 0.2) is 30.7 Å². The van der Waals surface area contributed by atoms with E-state index in [1.165, 1.54) is 7.11 Å². The number of nitrogens with zero attached hydrogens (tertiary/aromatic N) is 1. The van der Waals surface area contributed by atoms with Crippen molar-refractivity contribution in [3.8, 4) is 5.75 Å². The van der Waals surface area contributed by atoms with Gasteiger partial charge in [-0.05, 0) is 12.1 Å². The van der Waals surface area contributed by atoms with Crippen molar-refractivity contribution in [1.82, 2.24) is 15.3 Å². The average Bonchev–Trinajstić information content (AvgIpc) is 2.88. The molecule has 1 aromatic heterocycles. The summed E-state index contributed by atoms with van der Waals surface area (Å²) < 4.78 is 5.12. The molecule has 2 rings (SSSR count). The first kappa shape index (κ1) is 12.0. The molecule has 0 atom stereocenters. The molecule has 0 spiro atoms. The lowest BCUT2D eigenvalue weighted by Crippen LogP contribution is -2.23. The van der Waals surface area contributed by atoms with Crippen molar-refractivity contribution in [2.45, 2.75) is 6.54 Å². The predicted octanol–water partition coefficient (Wildman–Crippen LogP) is 0.931. The maximum Gasteiger partial charge on any atom is 0.255 e. The van der Waals surface area contributed by atoms with Gasteiger partial charge in [0.05, 0.1) is 31.2 Å². The fourth-order valence-corrected chi connectivity index (χ4v) is 1.55. The number of ether oxygens (including phenoxy) is 1. The van der Waals surface area contributed by atoms with Crippen molar-refractivity contribution in [2.24, 2.45) is 0 Å². The number of anilines is 1. The first-order valence-electron chi connectivity index (χ1n) is 5.39. The molecule has 94 valence electrons. The van der Waals surface area contributed by atoms with Gasteiger partial charge in [0, 0.05) is 18.0 Å². The lowest BCUT2D eigenvalue weighted by molar-refractivity contribution is 0.0947. The van der Waals surface area contributed by atoms with Crippen molar-refractivity contribution >= 4 is 11.6 Å². The molecule has 0 fully saturated rings. The number of aromatic amines is 1. The highest BCUT2D eigenvalue weighted by molar-refractivity contribution is 5.97. The molecule has 0 aliphatic heterocycles. The molecule has 18 heavy (non-hydrogen) atoms. The number of carbonyl (C=O) groups excluding carboxylic acids is 1. The van der Waals surface area contributed by atoms with Crippen molar-refractivity contribution in [2.75, 3.05) is 12.8 Å². The molecule has 2 aromatic rings. The summed E-state index contributed by atoms with van der Waals surface area (Å²) in [4.78, 5) is 18.7. The lowest BCUT2D eigenvalue weighted by Gasteiger charge is -2.09.